The fourth-order valence-corrected chi connectivity index (χ4v) is 8.51. The number of carbonyl (C=O) groups is 1. The second-order valence-corrected chi connectivity index (χ2v) is 15.3. The molecule has 0 fully saturated rings. The Labute approximate surface area is 242 Å². The van der Waals surface area contributed by atoms with E-state index in [1.165, 1.54) is 89.9 Å². The van der Waals surface area contributed by atoms with E-state index >= 15 is 0 Å². The summed E-state index contributed by atoms with van der Waals surface area (Å²) in [6.07, 6.45) is 22.4. The third kappa shape index (κ3) is 20.8. The molecular weight excluding hydrogens is 512 g/mol. The summed E-state index contributed by atoms with van der Waals surface area (Å²) < 4.78 is 22.9. The van der Waals surface area contributed by atoms with Crippen molar-refractivity contribution in [3.63, 3.8) is 0 Å². The van der Waals surface area contributed by atoms with E-state index in [0.717, 1.165) is 31.1 Å². The lowest BCUT2D eigenvalue weighted by Gasteiger charge is -2.29. The molecule has 228 valence electrons. The maximum absolute atomic E-state index is 12.6. The molecule has 0 aliphatic heterocycles. The van der Waals surface area contributed by atoms with Gasteiger partial charge in [-0.1, -0.05) is 103 Å². The molecule has 0 aliphatic carbocycles. The largest absolute Gasteiger partial charge is 0.500 e. The Morgan fingerprint density at radius 1 is 0.605 bits per heavy atom. The molecule has 0 N–H and O–H groups in total. The molecule has 0 radical (unpaired) electrons. The van der Waals surface area contributed by atoms with Crippen molar-refractivity contribution >= 4 is 26.5 Å². The van der Waals surface area contributed by atoms with Crippen LogP contribution < -0.4 is 0 Å². The fourth-order valence-electron chi connectivity index (χ4n) is 4.66. The summed E-state index contributed by atoms with van der Waals surface area (Å²) in [6, 6.07) is 0.778. The lowest BCUT2D eigenvalue weighted by molar-refractivity contribution is -0.145. The predicted molar refractivity (Wildman–Crippen MR) is 167 cm³/mol. The van der Waals surface area contributed by atoms with Crippen LogP contribution in [0.5, 0.6) is 0 Å². The minimum atomic E-state index is -2.61. The molecule has 0 spiro atoms. The Balaban J connectivity index is 3.76. The summed E-state index contributed by atoms with van der Waals surface area (Å²) in [5, 5.41) is 0. The van der Waals surface area contributed by atoms with Crippen molar-refractivity contribution in [2.75, 3.05) is 32.2 Å². The average molecular weight is 577 g/mol. The van der Waals surface area contributed by atoms with Gasteiger partial charge >= 0.3 is 14.8 Å². The molecule has 0 aromatic rings. The molecule has 0 saturated carbocycles. The molecule has 0 unspecified atom stereocenters. The predicted octanol–water partition coefficient (Wildman–Crippen LogP) is 9.74. The lowest BCUT2D eigenvalue weighted by Crippen LogP contribution is -2.46. The summed E-state index contributed by atoms with van der Waals surface area (Å²) in [4.78, 5) is 12.6. The summed E-state index contributed by atoms with van der Waals surface area (Å²) in [5.74, 6) is 0.745. The maximum Gasteiger partial charge on any atom is 0.500 e. The molecule has 0 saturated heterocycles. The zero-order valence-electron chi connectivity index (χ0n) is 26.2. The quantitative estimate of drug-likeness (QED) is 0.0502. The number of hydrogen-bond donors (Lipinski definition) is 0. The Morgan fingerprint density at radius 3 is 1.39 bits per heavy atom. The van der Waals surface area contributed by atoms with Gasteiger partial charge in [0.15, 0.2) is 0 Å². The van der Waals surface area contributed by atoms with Crippen LogP contribution in [0.4, 0.5) is 0 Å². The van der Waals surface area contributed by atoms with Gasteiger partial charge in [-0.3, -0.25) is 4.79 Å². The van der Waals surface area contributed by atoms with Crippen molar-refractivity contribution in [3.8, 4) is 0 Å². The third-order valence-corrected chi connectivity index (χ3v) is 11.4. The second kappa shape index (κ2) is 25.9. The number of carbonyl (C=O) groups excluding carboxylic acids is 1. The number of ether oxygens (including phenoxy) is 1. The maximum atomic E-state index is 12.6. The van der Waals surface area contributed by atoms with Gasteiger partial charge < -0.3 is 18.0 Å². The number of hydrogen-bond acceptors (Lipinski definition) is 6. The molecule has 0 bridgehead atoms. The SMILES string of the molecule is CCCCCCCCCCCCCCCCCCOC(=O)C(C)(C)SCCC[Si](OCC)(OCC)OCC. The summed E-state index contributed by atoms with van der Waals surface area (Å²) in [7, 11) is -2.61. The first-order valence-electron chi connectivity index (χ1n) is 16.1. The highest BCUT2D eigenvalue weighted by molar-refractivity contribution is 8.01. The zero-order valence-corrected chi connectivity index (χ0v) is 28.0. The van der Waals surface area contributed by atoms with Gasteiger partial charge in [-0.15, -0.1) is 11.8 Å². The first-order valence-corrected chi connectivity index (χ1v) is 19.0. The van der Waals surface area contributed by atoms with Crippen molar-refractivity contribution in [2.24, 2.45) is 0 Å². The fraction of sp³-hybridized carbons (Fsp3) is 0.968. The highest BCUT2D eigenvalue weighted by atomic mass is 32.2. The molecule has 0 amide bonds. The highest BCUT2D eigenvalue weighted by Gasteiger charge is 2.40. The third-order valence-electron chi connectivity index (χ3n) is 6.91. The van der Waals surface area contributed by atoms with Crippen molar-refractivity contribution in [2.45, 2.75) is 161 Å². The molecule has 0 heterocycles. The smallest absolute Gasteiger partial charge is 0.465 e. The number of thioether (sulfide) groups is 1. The number of esters is 1. The molecule has 0 aromatic carbocycles. The van der Waals surface area contributed by atoms with Crippen molar-refractivity contribution in [1.29, 1.82) is 0 Å². The Bertz CT molecular complexity index is 515. The minimum Gasteiger partial charge on any atom is -0.465 e. The molecule has 0 aromatic heterocycles. The van der Waals surface area contributed by atoms with Gasteiger partial charge in [0.1, 0.15) is 4.75 Å². The number of unbranched alkanes of at least 4 members (excludes halogenated alkanes) is 15. The van der Waals surface area contributed by atoms with Crippen LogP contribution in [0.2, 0.25) is 6.04 Å². The van der Waals surface area contributed by atoms with Crippen molar-refractivity contribution in [3.05, 3.63) is 0 Å². The molecule has 5 nitrogen and oxygen atoms in total. The summed E-state index contributed by atoms with van der Waals surface area (Å²) in [6.45, 7) is 14.5. The highest BCUT2D eigenvalue weighted by Crippen LogP contribution is 2.29. The Hall–Kier alpha value is -0.0831. The standard InChI is InChI=1S/C31H64O5SSi/c1-7-11-12-13-14-15-16-17-18-19-20-21-22-23-24-25-27-33-30(32)31(5,6)37-28-26-29-38(34-8-2,35-9-3)36-10-4/h7-29H2,1-6H3. The number of rotatable bonds is 29. The topological polar surface area (TPSA) is 54.0 Å². The van der Waals surface area contributed by atoms with Crippen LogP contribution in [0.15, 0.2) is 0 Å². The van der Waals surface area contributed by atoms with Gasteiger partial charge in [0, 0.05) is 25.9 Å². The lowest BCUT2D eigenvalue weighted by atomic mass is 10.0. The monoisotopic (exact) mass is 576 g/mol. The summed E-state index contributed by atoms with van der Waals surface area (Å²) >= 11 is 1.65. The summed E-state index contributed by atoms with van der Waals surface area (Å²) in [5.41, 5.74) is 0. The van der Waals surface area contributed by atoms with E-state index in [1.807, 2.05) is 34.6 Å². The minimum absolute atomic E-state index is 0.105. The van der Waals surface area contributed by atoms with Crippen LogP contribution in [0.3, 0.4) is 0 Å². The van der Waals surface area contributed by atoms with Crippen LogP contribution >= 0.6 is 11.8 Å². The molecular formula is C31H64O5SSi. The van der Waals surface area contributed by atoms with Gasteiger partial charge in [0.25, 0.3) is 0 Å². The van der Waals surface area contributed by atoms with Gasteiger partial charge in [-0.05, 0) is 53.2 Å². The van der Waals surface area contributed by atoms with Crippen LogP contribution in [0, 0.1) is 0 Å². The van der Waals surface area contributed by atoms with E-state index in [4.69, 9.17) is 18.0 Å². The van der Waals surface area contributed by atoms with Gasteiger partial charge in [0.05, 0.1) is 6.61 Å². The zero-order chi connectivity index (χ0) is 28.4. The molecule has 0 atom stereocenters. The van der Waals surface area contributed by atoms with E-state index in [2.05, 4.69) is 6.92 Å². The van der Waals surface area contributed by atoms with Crippen LogP contribution in [-0.2, 0) is 22.8 Å². The second-order valence-electron chi connectivity index (χ2n) is 10.9. The van der Waals surface area contributed by atoms with E-state index < -0.39 is 13.6 Å². The molecule has 38 heavy (non-hydrogen) atoms. The van der Waals surface area contributed by atoms with Gasteiger partial charge in [-0.25, -0.2) is 0 Å². The van der Waals surface area contributed by atoms with Crippen molar-refractivity contribution in [1.82, 2.24) is 0 Å². The average Bonchev–Trinajstić information content (AvgIpc) is 2.89. The molecule has 7 heteroatoms. The normalized spacial score (nSPS) is 12.3. The van der Waals surface area contributed by atoms with E-state index in [0.29, 0.717) is 26.4 Å². The van der Waals surface area contributed by atoms with Gasteiger partial charge in [-0.2, -0.15) is 0 Å². The molecule has 0 rings (SSSR count). The Kier molecular flexibility index (Phi) is 25.8. The van der Waals surface area contributed by atoms with E-state index in [1.54, 1.807) is 11.8 Å². The van der Waals surface area contributed by atoms with Crippen molar-refractivity contribution < 1.29 is 22.8 Å². The van der Waals surface area contributed by atoms with Crippen LogP contribution in [0.25, 0.3) is 0 Å². The molecule has 0 aliphatic rings. The van der Waals surface area contributed by atoms with E-state index in [-0.39, 0.29) is 5.97 Å². The van der Waals surface area contributed by atoms with E-state index in [9.17, 15) is 4.79 Å². The first-order chi connectivity index (χ1) is 18.4. The van der Waals surface area contributed by atoms with Crippen LogP contribution in [0.1, 0.15) is 151 Å². The van der Waals surface area contributed by atoms with Gasteiger partial charge in [0.2, 0.25) is 0 Å². The first kappa shape index (κ1) is 37.9. The van der Waals surface area contributed by atoms with Crippen LogP contribution in [-0.4, -0.2) is 51.7 Å². The Morgan fingerprint density at radius 2 is 1.00 bits per heavy atom.